The number of carbonyl (C=O) groups is 2. The Kier molecular flexibility index (Phi) is 9.36. The maximum Gasteiger partial charge on any atom is 0.409 e. The molecule has 1 aliphatic heterocycles. The molecule has 3 N–H and O–H groups in total. The molecule has 0 aliphatic carbocycles. The molecule has 3 amide bonds. The van der Waals surface area contributed by atoms with E-state index in [1.54, 1.807) is 4.68 Å². The van der Waals surface area contributed by atoms with Crippen molar-refractivity contribution in [2.24, 2.45) is 0 Å². The lowest BCUT2D eigenvalue weighted by Crippen LogP contribution is -2.46. The lowest BCUT2D eigenvalue weighted by Gasteiger charge is -2.32. The number of aryl methyl sites for hydroxylation is 1. The number of hydrogen-bond acceptors (Lipinski definition) is 7. The summed E-state index contributed by atoms with van der Waals surface area (Å²) in [5.74, 6) is 1.29. The van der Waals surface area contributed by atoms with E-state index in [2.05, 4.69) is 41.6 Å². The van der Waals surface area contributed by atoms with Crippen molar-refractivity contribution in [3.8, 4) is 11.4 Å². The van der Waals surface area contributed by atoms with Gasteiger partial charge in [-0.2, -0.15) is 5.10 Å². The molecule has 2 heterocycles. The van der Waals surface area contributed by atoms with E-state index in [0.717, 1.165) is 34.3 Å². The van der Waals surface area contributed by atoms with Crippen LogP contribution < -0.4 is 20.7 Å². The van der Waals surface area contributed by atoms with E-state index in [-0.39, 0.29) is 11.4 Å². The molecule has 1 aliphatic rings. The molecule has 5 rings (SSSR count). The highest BCUT2D eigenvalue weighted by Gasteiger charge is 2.24. The number of anilines is 2. The largest absolute Gasteiger partial charge is 0.492 e. The van der Waals surface area contributed by atoms with Crippen molar-refractivity contribution < 1.29 is 23.8 Å². The topological polar surface area (TPSA) is 119 Å². The van der Waals surface area contributed by atoms with Crippen LogP contribution in [0.25, 0.3) is 16.5 Å². The number of alkyl carbamates (subject to hydrolysis) is 1. The summed E-state index contributed by atoms with van der Waals surface area (Å²) < 4.78 is 18.7. The Morgan fingerprint density at radius 2 is 1.77 bits per heavy atom. The highest BCUT2D eigenvalue weighted by Crippen LogP contribution is 2.32. The zero-order valence-electron chi connectivity index (χ0n) is 25.8. The molecule has 11 nitrogen and oxygen atoms in total. The van der Waals surface area contributed by atoms with Crippen LogP contribution in [-0.4, -0.2) is 73.0 Å². The molecule has 1 saturated heterocycles. The predicted molar refractivity (Wildman–Crippen MR) is 171 cm³/mol. The van der Waals surface area contributed by atoms with E-state index in [1.165, 1.54) is 7.05 Å². The standard InChI is InChI=1S/C33H40N6O5/c1-22-10-12-23(13-11-22)39-29(20-28(37-39)33(2,3)4)36-31(40)35-26-14-15-27(25-9-7-6-8-24(25)26)42-18-16-38-17-19-43-30(21-38)44-32(41)34-5/h6-15,20,30H,16-19,21H2,1-5H3,(H,34,41)(H2,35,36,40). The maximum absolute atomic E-state index is 13.3. The summed E-state index contributed by atoms with van der Waals surface area (Å²) in [6, 6.07) is 21.1. The lowest BCUT2D eigenvalue weighted by molar-refractivity contribution is -0.148. The second kappa shape index (κ2) is 13.4. The normalized spacial score (nSPS) is 15.5. The molecule has 4 aromatic rings. The van der Waals surface area contributed by atoms with Crippen LogP contribution in [0.1, 0.15) is 32.0 Å². The lowest BCUT2D eigenvalue weighted by atomic mass is 9.92. The molecule has 0 saturated carbocycles. The first-order valence-corrected chi connectivity index (χ1v) is 14.7. The third-order valence-corrected chi connectivity index (χ3v) is 7.36. The van der Waals surface area contributed by atoms with Crippen molar-refractivity contribution >= 4 is 34.4 Å². The Labute approximate surface area is 257 Å². The van der Waals surface area contributed by atoms with Gasteiger partial charge in [0.25, 0.3) is 0 Å². The Morgan fingerprint density at radius 3 is 2.50 bits per heavy atom. The summed E-state index contributed by atoms with van der Waals surface area (Å²) in [7, 11) is 1.51. The first kappa shape index (κ1) is 30.8. The minimum Gasteiger partial charge on any atom is -0.492 e. The molecule has 1 aromatic heterocycles. The number of hydrogen-bond donors (Lipinski definition) is 3. The summed E-state index contributed by atoms with van der Waals surface area (Å²) in [4.78, 5) is 27.0. The number of amides is 3. The molecular formula is C33H40N6O5. The summed E-state index contributed by atoms with van der Waals surface area (Å²) in [5, 5.41) is 15.0. The Bertz CT molecular complexity index is 1610. The quantitative estimate of drug-likeness (QED) is 0.239. The van der Waals surface area contributed by atoms with Gasteiger partial charge in [0.2, 0.25) is 6.29 Å². The van der Waals surface area contributed by atoms with Crippen LogP contribution >= 0.6 is 0 Å². The zero-order valence-corrected chi connectivity index (χ0v) is 25.8. The van der Waals surface area contributed by atoms with Crippen LogP contribution in [0.15, 0.2) is 66.7 Å². The second-order valence-electron chi connectivity index (χ2n) is 11.8. The molecule has 1 unspecified atom stereocenters. The number of aromatic nitrogens is 2. The number of nitrogens with zero attached hydrogens (tertiary/aromatic N) is 3. The first-order chi connectivity index (χ1) is 21.1. The number of carbonyl (C=O) groups excluding carboxylic acids is 2. The van der Waals surface area contributed by atoms with Crippen LogP contribution in [0.2, 0.25) is 0 Å². The molecular weight excluding hydrogens is 560 g/mol. The number of nitrogens with one attached hydrogen (secondary N) is 3. The van der Waals surface area contributed by atoms with Gasteiger partial charge >= 0.3 is 12.1 Å². The van der Waals surface area contributed by atoms with E-state index in [1.807, 2.05) is 73.7 Å². The summed E-state index contributed by atoms with van der Waals surface area (Å²) >= 11 is 0. The average molecular weight is 601 g/mol. The highest BCUT2D eigenvalue weighted by molar-refractivity contribution is 6.07. The third-order valence-electron chi connectivity index (χ3n) is 7.36. The molecule has 232 valence electrons. The van der Waals surface area contributed by atoms with Crippen molar-refractivity contribution in [3.05, 3.63) is 78.0 Å². The zero-order chi connectivity index (χ0) is 31.3. The molecule has 11 heteroatoms. The van der Waals surface area contributed by atoms with Gasteiger partial charge < -0.3 is 24.8 Å². The third kappa shape index (κ3) is 7.47. The maximum atomic E-state index is 13.3. The Balaban J connectivity index is 1.27. The number of urea groups is 1. The van der Waals surface area contributed by atoms with Crippen molar-refractivity contribution in [2.45, 2.75) is 39.4 Å². The van der Waals surface area contributed by atoms with Gasteiger partial charge in [0.15, 0.2) is 0 Å². The number of morpholine rings is 1. The summed E-state index contributed by atoms with van der Waals surface area (Å²) in [6.45, 7) is 11.0. The van der Waals surface area contributed by atoms with Crippen molar-refractivity contribution in [3.63, 3.8) is 0 Å². The molecule has 1 atom stereocenters. The van der Waals surface area contributed by atoms with Crippen LogP contribution in [0, 0.1) is 6.92 Å². The number of ether oxygens (including phenoxy) is 3. The number of fused-ring (bicyclic) bond motifs is 1. The molecule has 3 aromatic carbocycles. The summed E-state index contributed by atoms with van der Waals surface area (Å²) in [5.41, 5.74) is 3.33. The van der Waals surface area contributed by atoms with E-state index in [0.29, 0.717) is 43.6 Å². The second-order valence-corrected chi connectivity index (χ2v) is 11.8. The van der Waals surface area contributed by atoms with Crippen LogP contribution in [0.3, 0.4) is 0 Å². The van der Waals surface area contributed by atoms with Crippen molar-refractivity contribution in [1.82, 2.24) is 20.0 Å². The fourth-order valence-electron chi connectivity index (χ4n) is 4.90. The van der Waals surface area contributed by atoms with E-state index < -0.39 is 12.4 Å². The minimum absolute atomic E-state index is 0.197. The average Bonchev–Trinajstić information content (AvgIpc) is 3.43. The van der Waals surface area contributed by atoms with E-state index in [9.17, 15) is 9.59 Å². The monoisotopic (exact) mass is 600 g/mol. The number of benzene rings is 3. The molecule has 1 fully saturated rings. The van der Waals surface area contributed by atoms with Gasteiger partial charge in [-0.05, 0) is 31.2 Å². The smallest absolute Gasteiger partial charge is 0.409 e. The van der Waals surface area contributed by atoms with Gasteiger partial charge in [-0.3, -0.25) is 10.2 Å². The van der Waals surface area contributed by atoms with Crippen LogP contribution in [0.4, 0.5) is 21.1 Å². The molecule has 0 spiro atoms. The number of rotatable bonds is 8. The van der Waals surface area contributed by atoms with Gasteiger partial charge in [0.05, 0.1) is 30.2 Å². The SMILES string of the molecule is CNC(=O)OC1CN(CCOc2ccc(NC(=O)Nc3cc(C(C)(C)C)nn3-c3ccc(C)cc3)c3ccccc23)CCO1. The minimum atomic E-state index is -0.614. The van der Waals surface area contributed by atoms with E-state index >= 15 is 0 Å². The van der Waals surface area contributed by atoms with Gasteiger partial charge in [0.1, 0.15) is 18.2 Å². The van der Waals surface area contributed by atoms with Crippen molar-refractivity contribution in [1.29, 1.82) is 0 Å². The fourth-order valence-corrected chi connectivity index (χ4v) is 4.90. The van der Waals surface area contributed by atoms with Crippen LogP contribution in [-0.2, 0) is 14.9 Å². The Hall–Kier alpha value is -4.61. The molecule has 0 radical (unpaired) electrons. The van der Waals surface area contributed by atoms with Crippen LogP contribution in [0.5, 0.6) is 5.75 Å². The fraction of sp³-hybridized carbons (Fsp3) is 0.364. The van der Waals surface area contributed by atoms with Crippen molar-refractivity contribution in [2.75, 3.05) is 50.5 Å². The van der Waals surface area contributed by atoms with Gasteiger partial charge in [-0.1, -0.05) is 62.7 Å². The molecule has 0 bridgehead atoms. The van der Waals surface area contributed by atoms with Gasteiger partial charge in [0, 0.05) is 42.4 Å². The first-order valence-electron chi connectivity index (χ1n) is 14.7. The van der Waals surface area contributed by atoms with Gasteiger partial charge in [-0.15, -0.1) is 0 Å². The predicted octanol–water partition coefficient (Wildman–Crippen LogP) is 5.67. The van der Waals surface area contributed by atoms with E-state index in [4.69, 9.17) is 19.3 Å². The Morgan fingerprint density at radius 1 is 1.02 bits per heavy atom. The summed E-state index contributed by atoms with van der Waals surface area (Å²) in [6.07, 6.45) is -1.13. The highest BCUT2D eigenvalue weighted by atomic mass is 16.7. The molecule has 44 heavy (non-hydrogen) atoms. The van der Waals surface area contributed by atoms with Gasteiger partial charge in [-0.25, -0.2) is 14.3 Å².